The number of halogens is 1. The fourth-order valence-corrected chi connectivity index (χ4v) is 2.32. The van der Waals surface area contributed by atoms with Crippen LogP contribution in [0, 0.1) is 0 Å². The molecule has 4 nitrogen and oxygen atoms in total. The second-order valence-electron chi connectivity index (χ2n) is 5.37. The van der Waals surface area contributed by atoms with Gasteiger partial charge in [0, 0.05) is 6.42 Å². The highest BCUT2D eigenvalue weighted by atomic mass is 19.1. The van der Waals surface area contributed by atoms with Crippen molar-refractivity contribution in [2.45, 2.75) is 38.8 Å². The van der Waals surface area contributed by atoms with E-state index in [4.69, 9.17) is 14.6 Å². The Labute approximate surface area is 117 Å². The van der Waals surface area contributed by atoms with E-state index in [9.17, 15) is 9.18 Å². The average molecular weight is 282 g/mol. The van der Waals surface area contributed by atoms with Crippen molar-refractivity contribution in [1.82, 2.24) is 0 Å². The zero-order valence-corrected chi connectivity index (χ0v) is 11.7. The Morgan fingerprint density at radius 1 is 1.30 bits per heavy atom. The summed E-state index contributed by atoms with van der Waals surface area (Å²) < 4.78 is 25.3. The third kappa shape index (κ3) is 3.40. The molecule has 0 saturated heterocycles. The van der Waals surface area contributed by atoms with Crippen molar-refractivity contribution < 1.29 is 23.8 Å². The molecule has 0 amide bonds. The minimum absolute atomic E-state index is 0.0700. The van der Waals surface area contributed by atoms with E-state index in [2.05, 4.69) is 0 Å². The molecule has 0 fully saturated rings. The molecule has 0 aromatic heterocycles. The van der Waals surface area contributed by atoms with Crippen molar-refractivity contribution >= 4 is 5.97 Å². The first kappa shape index (κ1) is 14.6. The van der Waals surface area contributed by atoms with Crippen LogP contribution in [0.3, 0.4) is 0 Å². The number of hydrogen-bond acceptors (Lipinski definition) is 3. The number of carboxylic acid groups (broad SMARTS) is 1. The summed E-state index contributed by atoms with van der Waals surface area (Å²) in [6.45, 7) is 3.90. The predicted octanol–water partition coefficient (Wildman–Crippen LogP) is 3.07. The first-order valence-electron chi connectivity index (χ1n) is 6.71. The molecule has 1 aliphatic rings. The fraction of sp³-hybridized carbons (Fsp3) is 0.533. The average Bonchev–Trinajstić information content (AvgIpc) is 2.36. The highest BCUT2D eigenvalue weighted by Gasteiger charge is 2.26. The lowest BCUT2D eigenvalue weighted by molar-refractivity contribution is -0.137. The van der Waals surface area contributed by atoms with Gasteiger partial charge in [-0.3, -0.25) is 4.79 Å². The standard InChI is InChI=1S/C15H19FO4/c1-15(2,16)11-9-13-12(19-6-7-20-13)8-10(11)4-3-5-14(17)18/h8-9H,3-7H2,1-2H3,(H,17,18). The summed E-state index contributed by atoms with van der Waals surface area (Å²) in [5.74, 6) is 0.317. The second-order valence-corrected chi connectivity index (χ2v) is 5.37. The molecule has 1 heterocycles. The van der Waals surface area contributed by atoms with Crippen LogP contribution < -0.4 is 9.47 Å². The highest BCUT2D eigenvalue weighted by Crippen LogP contribution is 2.39. The molecule has 0 spiro atoms. The topological polar surface area (TPSA) is 55.8 Å². The molecule has 0 bridgehead atoms. The summed E-state index contributed by atoms with van der Waals surface area (Å²) in [6, 6.07) is 3.44. The van der Waals surface area contributed by atoms with Crippen LogP contribution in [0.1, 0.15) is 37.8 Å². The zero-order chi connectivity index (χ0) is 14.8. The maximum absolute atomic E-state index is 14.3. The number of benzene rings is 1. The molecule has 2 rings (SSSR count). The van der Waals surface area contributed by atoms with Gasteiger partial charge in [0.1, 0.15) is 18.9 Å². The molecule has 0 unspecified atom stereocenters. The Bertz CT molecular complexity index is 505. The van der Waals surface area contributed by atoms with Gasteiger partial charge in [-0.25, -0.2) is 4.39 Å². The predicted molar refractivity (Wildman–Crippen MR) is 72.1 cm³/mol. The van der Waals surface area contributed by atoms with Crippen LogP contribution >= 0.6 is 0 Å². The van der Waals surface area contributed by atoms with Gasteiger partial charge in [-0.05, 0) is 49.9 Å². The van der Waals surface area contributed by atoms with E-state index in [0.717, 1.165) is 5.56 Å². The maximum Gasteiger partial charge on any atom is 0.303 e. The van der Waals surface area contributed by atoms with Gasteiger partial charge < -0.3 is 14.6 Å². The molecule has 0 radical (unpaired) electrons. The molecule has 1 aromatic rings. The van der Waals surface area contributed by atoms with Gasteiger partial charge >= 0.3 is 5.97 Å². The lowest BCUT2D eigenvalue weighted by Crippen LogP contribution is -2.19. The molecule has 1 aliphatic heterocycles. The van der Waals surface area contributed by atoms with Gasteiger partial charge in [0.05, 0.1) is 0 Å². The number of alkyl halides is 1. The number of ether oxygens (including phenoxy) is 2. The Morgan fingerprint density at radius 3 is 2.45 bits per heavy atom. The number of rotatable bonds is 5. The van der Waals surface area contributed by atoms with Crippen molar-refractivity contribution in [3.63, 3.8) is 0 Å². The molecule has 0 atom stereocenters. The molecule has 0 aliphatic carbocycles. The first-order valence-corrected chi connectivity index (χ1v) is 6.71. The summed E-state index contributed by atoms with van der Waals surface area (Å²) in [6.07, 6.45) is 1.05. The second kappa shape index (κ2) is 5.69. The molecular formula is C15H19FO4. The molecule has 5 heteroatoms. The first-order chi connectivity index (χ1) is 9.38. The van der Waals surface area contributed by atoms with Crippen molar-refractivity contribution in [3.8, 4) is 11.5 Å². The third-order valence-electron chi connectivity index (χ3n) is 3.25. The quantitative estimate of drug-likeness (QED) is 0.901. The van der Waals surface area contributed by atoms with Crippen LogP contribution in [0.2, 0.25) is 0 Å². The van der Waals surface area contributed by atoms with Gasteiger partial charge in [0.15, 0.2) is 11.5 Å². The zero-order valence-electron chi connectivity index (χ0n) is 11.7. The van der Waals surface area contributed by atoms with Crippen molar-refractivity contribution in [2.75, 3.05) is 13.2 Å². The number of hydrogen-bond donors (Lipinski definition) is 1. The number of aliphatic carboxylic acids is 1. The van der Waals surface area contributed by atoms with Crippen LogP contribution in [0.15, 0.2) is 12.1 Å². The van der Waals surface area contributed by atoms with Crippen LogP contribution in [0.25, 0.3) is 0 Å². The van der Waals surface area contributed by atoms with Crippen LogP contribution in [0.5, 0.6) is 11.5 Å². The van der Waals surface area contributed by atoms with E-state index >= 15 is 0 Å². The third-order valence-corrected chi connectivity index (χ3v) is 3.25. The van der Waals surface area contributed by atoms with E-state index in [-0.39, 0.29) is 6.42 Å². The summed E-state index contributed by atoms with van der Waals surface area (Å²) in [7, 11) is 0. The van der Waals surface area contributed by atoms with Crippen LogP contribution in [-0.4, -0.2) is 24.3 Å². The lowest BCUT2D eigenvalue weighted by Gasteiger charge is -2.25. The lowest BCUT2D eigenvalue weighted by atomic mass is 9.91. The Kier molecular flexibility index (Phi) is 4.16. The fourth-order valence-electron chi connectivity index (χ4n) is 2.32. The molecular weight excluding hydrogens is 263 g/mol. The van der Waals surface area contributed by atoms with Crippen molar-refractivity contribution in [2.24, 2.45) is 0 Å². The number of fused-ring (bicyclic) bond motifs is 1. The van der Waals surface area contributed by atoms with E-state index < -0.39 is 11.6 Å². The number of carbonyl (C=O) groups is 1. The minimum Gasteiger partial charge on any atom is -0.486 e. The van der Waals surface area contributed by atoms with Gasteiger partial charge in [-0.2, -0.15) is 0 Å². The van der Waals surface area contributed by atoms with Crippen molar-refractivity contribution in [1.29, 1.82) is 0 Å². The Morgan fingerprint density at radius 2 is 1.90 bits per heavy atom. The van der Waals surface area contributed by atoms with Gasteiger partial charge in [0.25, 0.3) is 0 Å². The van der Waals surface area contributed by atoms with E-state index in [1.54, 1.807) is 12.1 Å². The summed E-state index contributed by atoms with van der Waals surface area (Å²) in [5, 5.41) is 8.69. The smallest absolute Gasteiger partial charge is 0.303 e. The van der Waals surface area contributed by atoms with E-state index in [1.165, 1.54) is 13.8 Å². The minimum atomic E-state index is -1.51. The van der Waals surface area contributed by atoms with E-state index in [0.29, 0.717) is 43.1 Å². The van der Waals surface area contributed by atoms with Crippen LogP contribution in [0.4, 0.5) is 4.39 Å². The van der Waals surface area contributed by atoms with E-state index in [1.807, 2.05) is 0 Å². The summed E-state index contributed by atoms with van der Waals surface area (Å²) >= 11 is 0. The summed E-state index contributed by atoms with van der Waals surface area (Å²) in [5.41, 5.74) is -0.191. The Hall–Kier alpha value is -1.78. The van der Waals surface area contributed by atoms with Crippen LogP contribution in [-0.2, 0) is 16.9 Å². The maximum atomic E-state index is 14.3. The molecule has 0 saturated carbocycles. The van der Waals surface area contributed by atoms with Gasteiger partial charge in [-0.1, -0.05) is 0 Å². The van der Waals surface area contributed by atoms with Crippen molar-refractivity contribution in [3.05, 3.63) is 23.3 Å². The molecule has 110 valence electrons. The SMILES string of the molecule is CC(C)(F)c1cc2c(cc1CCCC(=O)O)OCCO2. The highest BCUT2D eigenvalue weighted by molar-refractivity contribution is 5.66. The normalized spacial score (nSPS) is 14.2. The largest absolute Gasteiger partial charge is 0.486 e. The number of carboxylic acids is 1. The monoisotopic (exact) mass is 282 g/mol. The number of aryl methyl sites for hydroxylation is 1. The van der Waals surface area contributed by atoms with Gasteiger partial charge in [-0.15, -0.1) is 0 Å². The summed E-state index contributed by atoms with van der Waals surface area (Å²) in [4.78, 5) is 10.6. The molecule has 1 aromatic carbocycles. The molecule has 20 heavy (non-hydrogen) atoms. The molecule has 1 N–H and O–H groups in total. The Balaban J connectivity index is 2.29. The van der Waals surface area contributed by atoms with Gasteiger partial charge in [0.2, 0.25) is 0 Å².